The smallest absolute Gasteiger partial charge is 0.257 e. The number of hydrogen-bond acceptors (Lipinski definition) is 5. The zero-order valence-corrected chi connectivity index (χ0v) is 16.3. The van der Waals surface area contributed by atoms with E-state index in [0.29, 0.717) is 36.0 Å². The minimum absolute atomic E-state index is 0.244. The molecule has 2 aliphatic carbocycles. The third-order valence-corrected chi connectivity index (χ3v) is 5.64. The molecule has 2 fully saturated rings. The van der Waals surface area contributed by atoms with Crippen molar-refractivity contribution in [2.45, 2.75) is 50.7 Å². The second-order valence-electron chi connectivity index (χ2n) is 7.95. The Morgan fingerprint density at radius 2 is 1.93 bits per heavy atom. The summed E-state index contributed by atoms with van der Waals surface area (Å²) in [4.78, 5) is 17.5. The van der Waals surface area contributed by atoms with E-state index in [2.05, 4.69) is 16.4 Å². The van der Waals surface area contributed by atoms with Crippen molar-refractivity contribution in [3.05, 3.63) is 47.7 Å². The van der Waals surface area contributed by atoms with Gasteiger partial charge in [-0.05, 0) is 55.4 Å². The van der Waals surface area contributed by atoms with Crippen LogP contribution in [0, 0.1) is 17.2 Å². The van der Waals surface area contributed by atoms with Crippen LogP contribution in [0.1, 0.15) is 54.4 Å². The van der Waals surface area contributed by atoms with Crippen LogP contribution in [-0.2, 0) is 0 Å². The molecule has 2 saturated carbocycles. The van der Waals surface area contributed by atoms with E-state index in [0.717, 1.165) is 43.2 Å². The van der Waals surface area contributed by atoms with E-state index in [9.17, 15) is 9.90 Å². The van der Waals surface area contributed by atoms with Gasteiger partial charge < -0.3 is 15.2 Å². The SMILES string of the molecule is N#Cc1ccc(-c2cnc(OCC3CC3)c(C(=O)N[C@@H]3CCCC[C@H]3O)c2)cc1. The Balaban J connectivity index is 1.59. The van der Waals surface area contributed by atoms with Crippen molar-refractivity contribution >= 4 is 5.91 Å². The molecule has 0 unspecified atom stereocenters. The first-order chi connectivity index (χ1) is 14.1. The van der Waals surface area contributed by atoms with Crippen LogP contribution in [0.2, 0.25) is 0 Å². The number of benzene rings is 1. The van der Waals surface area contributed by atoms with Crippen LogP contribution in [0.15, 0.2) is 36.5 Å². The summed E-state index contributed by atoms with van der Waals surface area (Å²) in [6.45, 7) is 0.565. The zero-order chi connectivity index (χ0) is 20.2. The van der Waals surface area contributed by atoms with Gasteiger partial charge in [-0.1, -0.05) is 25.0 Å². The number of carbonyl (C=O) groups excluding carboxylic acids is 1. The molecule has 4 rings (SSSR count). The molecule has 6 nitrogen and oxygen atoms in total. The van der Waals surface area contributed by atoms with Crippen LogP contribution < -0.4 is 10.1 Å². The number of pyridine rings is 1. The largest absolute Gasteiger partial charge is 0.477 e. The number of hydrogen-bond donors (Lipinski definition) is 2. The summed E-state index contributed by atoms with van der Waals surface area (Å²) in [5.41, 5.74) is 2.61. The highest BCUT2D eigenvalue weighted by molar-refractivity contribution is 5.97. The maximum Gasteiger partial charge on any atom is 0.257 e. The lowest BCUT2D eigenvalue weighted by molar-refractivity contribution is 0.0714. The third kappa shape index (κ3) is 4.75. The number of aliphatic hydroxyl groups is 1. The van der Waals surface area contributed by atoms with Crippen LogP contribution in [0.4, 0.5) is 0 Å². The molecule has 2 N–H and O–H groups in total. The van der Waals surface area contributed by atoms with Gasteiger partial charge in [0.1, 0.15) is 5.56 Å². The Kier molecular flexibility index (Phi) is 5.77. The number of amides is 1. The van der Waals surface area contributed by atoms with E-state index in [1.54, 1.807) is 24.4 Å². The van der Waals surface area contributed by atoms with E-state index in [1.165, 1.54) is 0 Å². The van der Waals surface area contributed by atoms with Crippen LogP contribution in [0.3, 0.4) is 0 Å². The number of aliphatic hydroxyl groups excluding tert-OH is 1. The molecule has 0 aliphatic heterocycles. The van der Waals surface area contributed by atoms with Gasteiger partial charge in [-0.3, -0.25) is 4.79 Å². The first-order valence-corrected chi connectivity index (χ1v) is 10.3. The highest BCUT2D eigenvalue weighted by Crippen LogP contribution is 2.31. The Morgan fingerprint density at radius 3 is 2.62 bits per heavy atom. The Morgan fingerprint density at radius 1 is 1.17 bits per heavy atom. The topological polar surface area (TPSA) is 95.2 Å². The van der Waals surface area contributed by atoms with E-state index in [4.69, 9.17) is 10.00 Å². The lowest BCUT2D eigenvalue weighted by Crippen LogP contribution is -2.45. The van der Waals surface area contributed by atoms with Crippen LogP contribution in [0.5, 0.6) is 5.88 Å². The summed E-state index contributed by atoms with van der Waals surface area (Å²) in [6, 6.07) is 10.8. The van der Waals surface area contributed by atoms with Gasteiger partial charge in [0.2, 0.25) is 5.88 Å². The summed E-state index contributed by atoms with van der Waals surface area (Å²) >= 11 is 0. The fraction of sp³-hybridized carbons (Fsp3) is 0.435. The number of aromatic nitrogens is 1. The predicted molar refractivity (Wildman–Crippen MR) is 108 cm³/mol. The Hall–Kier alpha value is -2.91. The van der Waals surface area contributed by atoms with Crippen LogP contribution in [0.25, 0.3) is 11.1 Å². The maximum absolute atomic E-state index is 13.0. The fourth-order valence-electron chi connectivity index (χ4n) is 3.63. The molecule has 29 heavy (non-hydrogen) atoms. The molecule has 1 aromatic heterocycles. The predicted octanol–water partition coefficient (Wildman–Crippen LogP) is 3.44. The molecule has 6 heteroatoms. The van der Waals surface area contributed by atoms with Crippen molar-refractivity contribution in [3.8, 4) is 23.1 Å². The maximum atomic E-state index is 13.0. The molecule has 0 radical (unpaired) electrons. The summed E-state index contributed by atoms with van der Waals surface area (Å²) in [5.74, 6) is 0.605. The van der Waals surface area contributed by atoms with Crippen molar-refractivity contribution < 1.29 is 14.6 Å². The first-order valence-electron chi connectivity index (χ1n) is 10.3. The lowest BCUT2D eigenvalue weighted by Gasteiger charge is -2.28. The number of nitrogens with one attached hydrogen (secondary N) is 1. The molecule has 1 aromatic carbocycles. The molecule has 1 heterocycles. The van der Waals surface area contributed by atoms with Gasteiger partial charge in [0.05, 0.1) is 30.4 Å². The summed E-state index contributed by atoms with van der Waals surface area (Å²) in [5, 5.41) is 22.2. The summed E-state index contributed by atoms with van der Waals surface area (Å²) in [6.07, 6.45) is 6.94. The first kappa shape index (κ1) is 19.4. The van der Waals surface area contributed by atoms with Crippen LogP contribution >= 0.6 is 0 Å². The average molecular weight is 391 g/mol. The Bertz CT molecular complexity index is 916. The summed E-state index contributed by atoms with van der Waals surface area (Å²) < 4.78 is 5.85. The van der Waals surface area contributed by atoms with Crippen molar-refractivity contribution in [3.63, 3.8) is 0 Å². The minimum Gasteiger partial charge on any atom is -0.477 e. The van der Waals surface area contributed by atoms with Gasteiger partial charge in [0, 0.05) is 11.8 Å². The average Bonchev–Trinajstić information content (AvgIpc) is 3.58. The molecular formula is C23H25N3O3. The van der Waals surface area contributed by atoms with Crippen LogP contribution in [-0.4, -0.2) is 34.8 Å². The minimum atomic E-state index is -0.516. The molecule has 0 spiro atoms. The molecule has 0 bridgehead atoms. The number of nitriles is 1. The van der Waals surface area contributed by atoms with Crippen molar-refractivity contribution in [1.29, 1.82) is 5.26 Å². The second kappa shape index (κ2) is 8.62. The van der Waals surface area contributed by atoms with Crippen molar-refractivity contribution in [1.82, 2.24) is 10.3 Å². The number of nitrogens with zero attached hydrogens (tertiary/aromatic N) is 2. The van der Waals surface area contributed by atoms with Gasteiger partial charge >= 0.3 is 0 Å². The fourth-order valence-corrected chi connectivity index (χ4v) is 3.63. The van der Waals surface area contributed by atoms with Gasteiger partial charge in [-0.25, -0.2) is 4.98 Å². The molecular weight excluding hydrogens is 366 g/mol. The second-order valence-corrected chi connectivity index (χ2v) is 7.95. The molecule has 150 valence electrons. The molecule has 1 amide bonds. The summed E-state index contributed by atoms with van der Waals surface area (Å²) in [7, 11) is 0. The Labute approximate surface area is 170 Å². The molecule has 0 saturated heterocycles. The zero-order valence-electron chi connectivity index (χ0n) is 16.3. The quantitative estimate of drug-likeness (QED) is 0.786. The van der Waals surface area contributed by atoms with E-state index in [1.807, 2.05) is 12.1 Å². The lowest BCUT2D eigenvalue weighted by atomic mass is 9.92. The highest BCUT2D eigenvalue weighted by Gasteiger charge is 2.28. The van der Waals surface area contributed by atoms with E-state index >= 15 is 0 Å². The van der Waals surface area contributed by atoms with E-state index in [-0.39, 0.29) is 11.9 Å². The standard InChI is InChI=1S/C23H25N3O3/c24-12-15-7-9-17(10-8-15)18-11-19(23(25-13-18)29-14-16-5-6-16)22(28)26-20-3-1-2-4-21(20)27/h7-11,13,16,20-21,27H,1-6,14H2,(H,26,28)/t20-,21-/m1/s1. The third-order valence-electron chi connectivity index (χ3n) is 5.64. The molecule has 2 atom stereocenters. The van der Waals surface area contributed by atoms with Gasteiger partial charge in [0.15, 0.2) is 0 Å². The highest BCUT2D eigenvalue weighted by atomic mass is 16.5. The number of ether oxygens (including phenoxy) is 1. The normalized spacial score (nSPS) is 21.2. The number of rotatable bonds is 6. The van der Waals surface area contributed by atoms with Gasteiger partial charge in [0.25, 0.3) is 5.91 Å². The van der Waals surface area contributed by atoms with Crippen molar-refractivity contribution in [2.24, 2.45) is 5.92 Å². The molecule has 2 aliphatic rings. The van der Waals surface area contributed by atoms with E-state index < -0.39 is 6.10 Å². The van der Waals surface area contributed by atoms with Crippen molar-refractivity contribution in [2.75, 3.05) is 6.61 Å². The number of carbonyl (C=O) groups is 1. The van der Waals surface area contributed by atoms with Gasteiger partial charge in [-0.2, -0.15) is 5.26 Å². The van der Waals surface area contributed by atoms with Gasteiger partial charge in [-0.15, -0.1) is 0 Å². The molecule has 2 aromatic rings. The monoisotopic (exact) mass is 391 g/mol.